The van der Waals surface area contributed by atoms with E-state index in [-0.39, 0.29) is 12.5 Å². The molecule has 0 fully saturated rings. The number of aryl methyl sites for hydroxylation is 1. The molecule has 0 aliphatic rings. The van der Waals surface area contributed by atoms with Crippen molar-refractivity contribution in [3.8, 4) is 0 Å². The van der Waals surface area contributed by atoms with Gasteiger partial charge in [-0.3, -0.25) is 4.79 Å². The summed E-state index contributed by atoms with van der Waals surface area (Å²) in [5, 5.41) is 14.3. The molecule has 1 amide bonds. The van der Waals surface area contributed by atoms with Crippen LogP contribution in [0.1, 0.15) is 32.6 Å². The van der Waals surface area contributed by atoms with Crippen LogP contribution in [0.3, 0.4) is 0 Å². The van der Waals surface area contributed by atoms with Crippen LogP contribution in [0.15, 0.2) is 54.6 Å². The minimum absolute atomic E-state index is 0.0268. The van der Waals surface area contributed by atoms with E-state index in [0.29, 0.717) is 18.7 Å². The number of benzene rings is 3. The van der Waals surface area contributed by atoms with Crippen molar-refractivity contribution in [1.82, 2.24) is 5.32 Å². The number of nitrogens with one attached hydrogen (secondary N) is 1. The van der Waals surface area contributed by atoms with Crippen LogP contribution in [0.5, 0.6) is 0 Å². The van der Waals surface area contributed by atoms with Crippen molar-refractivity contribution in [2.45, 2.75) is 26.6 Å². The minimum Gasteiger partial charge on any atom is -0.392 e. The molecule has 4 nitrogen and oxygen atoms in total. The van der Waals surface area contributed by atoms with Crippen molar-refractivity contribution in [2.75, 3.05) is 0 Å². The summed E-state index contributed by atoms with van der Waals surface area (Å²) in [6.45, 7) is 2.87. The van der Waals surface area contributed by atoms with Crippen LogP contribution >= 0.6 is 0 Å². The highest BCUT2D eigenvalue weighted by Crippen LogP contribution is 2.20. The summed E-state index contributed by atoms with van der Waals surface area (Å²) < 4.78 is 0. The van der Waals surface area contributed by atoms with Gasteiger partial charge in [-0.15, -0.1) is 0 Å². The van der Waals surface area contributed by atoms with Gasteiger partial charge in [0.15, 0.2) is 0 Å². The lowest BCUT2D eigenvalue weighted by atomic mass is 10.0. The Morgan fingerprint density at radius 3 is 2.64 bits per heavy atom. The van der Waals surface area contributed by atoms with Crippen LogP contribution in [-0.4, -0.2) is 11.0 Å². The molecule has 0 saturated carbocycles. The molecule has 0 bridgehead atoms. The Hall–Kier alpha value is -2.69. The number of aliphatic hydroxyl groups excluding tert-OH is 1. The minimum atomic E-state index is -0.113. The summed E-state index contributed by atoms with van der Waals surface area (Å²) >= 11 is 0. The predicted molar refractivity (Wildman–Crippen MR) is 100 cm³/mol. The molecule has 25 heavy (non-hydrogen) atoms. The van der Waals surface area contributed by atoms with Crippen LogP contribution in [0, 0.1) is 6.92 Å². The van der Waals surface area contributed by atoms with Gasteiger partial charge in [0.05, 0.1) is 6.61 Å². The van der Waals surface area contributed by atoms with Gasteiger partial charge >= 0.3 is 0 Å². The van der Waals surface area contributed by atoms with Gasteiger partial charge in [0.1, 0.15) is 0 Å². The highest BCUT2D eigenvalue weighted by molar-refractivity contribution is 5.99. The fourth-order valence-corrected chi connectivity index (χ4v) is 2.99. The van der Waals surface area contributed by atoms with E-state index >= 15 is 0 Å². The lowest BCUT2D eigenvalue weighted by Gasteiger charge is -2.10. The predicted octanol–water partition coefficient (Wildman–Crippen LogP) is 3.03. The third-order valence-electron chi connectivity index (χ3n) is 4.48. The highest BCUT2D eigenvalue weighted by Gasteiger charge is 2.08. The van der Waals surface area contributed by atoms with E-state index in [0.717, 1.165) is 33.0 Å². The molecule has 0 unspecified atom stereocenters. The number of carbonyl (C=O) groups is 1. The second kappa shape index (κ2) is 7.47. The molecule has 3 aromatic carbocycles. The van der Waals surface area contributed by atoms with Crippen molar-refractivity contribution in [3.63, 3.8) is 0 Å². The molecule has 3 rings (SSSR count). The summed E-state index contributed by atoms with van der Waals surface area (Å²) in [5.41, 5.74) is 10.4. The van der Waals surface area contributed by atoms with E-state index < -0.39 is 0 Å². The van der Waals surface area contributed by atoms with Gasteiger partial charge in [0, 0.05) is 18.7 Å². The van der Waals surface area contributed by atoms with Gasteiger partial charge in [0.2, 0.25) is 0 Å². The van der Waals surface area contributed by atoms with E-state index in [4.69, 9.17) is 5.73 Å². The van der Waals surface area contributed by atoms with E-state index in [2.05, 4.69) is 5.32 Å². The van der Waals surface area contributed by atoms with Crippen molar-refractivity contribution < 1.29 is 9.90 Å². The number of aliphatic hydroxyl groups is 1. The first kappa shape index (κ1) is 17.1. The van der Waals surface area contributed by atoms with Crippen LogP contribution in [0.2, 0.25) is 0 Å². The largest absolute Gasteiger partial charge is 0.392 e. The second-order valence-electron chi connectivity index (χ2n) is 6.16. The first-order chi connectivity index (χ1) is 12.1. The van der Waals surface area contributed by atoms with Gasteiger partial charge in [-0.1, -0.05) is 42.5 Å². The van der Waals surface area contributed by atoms with Gasteiger partial charge in [-0.2, -0.15) is 0 Å². The average molecular weight is 334 g/mol. The summed E-state index contributed by atoms with van der Waals surface area (Å²) in [5.74, 6) is -0.113. The average Bonchev–Trinajstić information content (AvgIpc) is 2.65. The number of hydrogen-bond donors (Lipinski definition) is 3. The first-order valence-electron chi connectivity index (χ1n) is 8.31. The molecule has 128 valence electrons. The fourth-order valence-electron chi connectivity index (χ4n) is 2.99. The zero-order chi connectivity index (χ0) is 17.8. The maximum atomic E-state index is 12.5. The van der Waals surface area contributed by atoms with Crippen molar-refractivity contribution in [3.05, 3.63) is 82.4 Å². The molecule has 4 N–H and O–H groups in total. The molecule has 4 heteroatoms. The molecule has 0 saturated heterocycles. The van der Waals surface area contributed by atoms with Gasteiger partial charge in [-0.25, -0.2) is 0 Å². The number of nitrogens with two attached hydrogens (primary N) is 1. The summed E-state index contributed by atoms with van der Waals surface area (Å²) in [4.78, 5) is 12.5. The Morgan fingerprint density at radius 1 is 1.08 bits per heavy atom. The quantitative estimate of drug-likeness (QED) is 0.671. The Kier molecular flexibility index (Phi) is 5.12. The molecule has 3 aromatic rings. The fraction of sp³-hybridized carbons (Fsp3) is 0.190. The van der Waals surface area contributed by atoms with Crippen molar-refractivity contribution in [2.24, 2.45) is 5.73 Å². The molecule has 0 aliphatic carbocycles. The monoisotopic (exact) mass is 334 g/mol. The van der Waals surface area contributed by atoms with Gasteiger partial charge in [-0.05, 0) is 52.1 Å². The maximum Gasteiger partial charge on any atom is 0.251 e. The molecule has 0 atom stereocenters. The van der Waals surface area contributed by atoms with E-state index in [9.17, 15) is 9.90 Å². The molecule has 0 aromatic heterocycles. The Bertz CT molecular complexity index is 919. The zero-order valence-corrected chi connectivity index (χ0v) is 14.3. The number of hydrogen-bond acceptors (Lipinski definition) is 3. The third-order valence-corrected chi connectivity index (χ3v) is 4.48. The van der Waals surface area contributed by atoms with Gasteiger partial charge < -0.3 is 16.2 Å². The van der Waals surface area contributed by atoms with Crippen molar-refractivity contribution in [1.29, 1.82) is 0 Å². The van der Waals surface area contributed by atoms with E-state index in [1.54, 1.807) is 0 Å². The topological polar surface area (TPSA) is 75.4 Å². The molecular formula is C21H22N2O2. The summed E-state index contributed by atoms with van der Waals surface area (Å²) in [7, 11) is 0. The second-order valence-corrected chi connectivity index (χ2v) is 6.16. The lowest BCUT2D eigenvalue weighted by molar-refractivity contribution is 0.0951. The molecule has 0 spiro atoms. The van der Waals surface area contributed by atoms with Crippen LogP contribution in [0.25, 0.3) is 10.8 Å². The Labute approximate surface area is 147 Å². The lowest BCUT2D eigenvalue weighted by Crippen LogP contribution is -2.22. The standard InChI is InChI=1S/C21H22N2O2/c1-14-9-15(5-6-19(14)13-24)12-23-21(25)17-8-7-16-3-2-4-18(11-22)20(16)10-17/h2-10,24H,11-13,22H2,1H3,(H,23,25). The number of rotatable bonds is 5. The van der Waals surface area contributed by atoms with Crippen LogP contribution < -0.4 is 11.1 Å². The molecule has 0 aliphatic heterocycles. The number of fused-ring (bicyclic) bond motifs is 1. The van der Waals surface area contributed by atoms with Gasteiger partial charge in [0.25, 0.3) is 5.91 Å². The molecule has 0 radical (unpaired) electrons. The van der Waals surface area contributed by atoms with E-state index in [1.807, 2.05) is 61.5 Å². The summed E-state index contributed by atoms with van der Waals surface area (Å²) in [6.07, 6.45) is 0. The first-order valence-corrected chi connectivity index (χ1v) is 8.31. The number of carbonyl (C=O) groups excluding carboxylic acids is 1. The smallest absolute Gasteiger partial charge is 0.251 e. The highest BCUT2D eigenvalue weighted by atomic mass is 16.3. The molecular weight excluding hydrogens is 312 g/mol. The van der Waals surface area contributed by atoms with Crippen molar-refractivity contribution >= 4 is 16.7 Å². The molecule has 0 heterocycles. The van der Waals surface area contributed by atoms with Crippen LogP contribution in [-0.2, 0) is 19.7 Å². The SMILES string of the molecule is Cc1cc(CNC(=O)c2ccc3cccc(CN)c3c2)ccc1CO. The Balaban J connectivity index is 1.77. The zero-order valence-electron chi connectivity index (χ0n) is 14.3. The van der Waals surface area contributed by atoms with E-state index in [1.165, 1.54) is 0 Å². The third kappa shape index (κ3) is 3.71. The Morgan fingerprint density at radius 2 is 1.92 bits per heavy atom. The normalized spacial score (nSPS) is 10.8. The number of amides is 1. The van der Waals surface area contributed by atoms with Crippen LogP contribution in [0.4, 0.5) is 0 Å². The maximum absolute atomic E-state index is 12.5. The summed E-state index contributed by atoms with van der Waals surface area (Å²) in [6, 6.07) is 17.4.